The van der Waals surface area contributed by atoms with Gasteiger partial charge in [-0.15, -0.1) is 0 Å². The number of amides is 2. The highest BCUT2D eigenvalue weighted by Gasteiger charge is 2.18. The van der Waals surface area contributed by atoms with Gasteiger partial charge in [0.25, 0.3) is 0 Å². The summed E-state index contributed by atoms with van der Waals surface area (Å²) in [6.07, 6.45) is 0.750. The normalized spacial score (nSPS) is 11.4. The van der Waals surface area contributed by atoms with E-state index >= 15 is 0 Å². The molecule has 1 atom stereocenters. The van der Waals surface area contributed by atoms with Crippen LogP contribution in [0.5, 0.6) is 17.2 Å². The van der Waals surface area contributed by atoms with Gasteiger partial charge in [0.15, 0.2) is 6.10 Å². The molecule has 220 valence electrons. The first-order valence-electron chi connectivity index (χ1n) is 13.5. The molecule has 0 heterocycles. The van der Waals surface area contributed by atoms with Gasteiger partial charge in [0.05, 0.1) is 20.3 Å². The van der Waals surface area contributed by atoms with E-state index in [4.69, 9.17) is 18.9 Å². The van der Waals surface area contributed by atoms with Gasteiger partial charge in [-0.3, -0.25) is 0 Å². The molecule has 0 aliphatic heterocycles. The largest absolute Gasteiger partial charge is 0.497 e. The van der Waals surface area contributed by atoms with E-state index in [1.165, 1.54) is 12.1 Å². The standard InChI is InChI=1S/C31H37FN2O7/c1-3-39-29(30(35)36)22-23-6-12-27(13-7-23)41-21-19-34(31(37)33-25-10-16-26(38-2)17-11-25)18-4-5-20-40-28-14-8-24(32)9-15-28/h6-17,29H,3-5,18-22H2,1-2H3,(H,33,37)(H,35,36). The van der Waals surface area contributed by atoms with Crippen molar-refractivity contribution in [2.75, 3.05) is 45.3 Å². The Morgan fingerprint density at radius 1 is 0.854 bits per heavy atom. The lowest BCUT2D eigenvalue weighted by molar-refractivity contribution is -0.149. The van der Waals surface area contributed by atoms with Crippen molar-refractivity contribution in [2.45, 2.75) is 32.3 Å². The summed E-state index contributed by atoms with van der Waals surface area (Å²) in [5.74, 6) is 0.581. The highest BCUT2D eigenvalue weighted by molar-refractivity contribution is 5.89. The zero-order valence-corrected chi connectivity index (χ0v) is 23.4. The van der Waals surface area contributed by atoms with Gasteiger partial charge in [0, 0.05) is 25.3 Å². The third-order valence-corrected chi connectivity index (χ3v) is 6.15. The monoisotopic (exact) mass is 568 g/mol. The number of methoxy groups -OCH3 is 1. The third kappa shape index (κ3) is 11.0. The van der Waals surface area contributed by atoms with Crippen molar-refractivity contribution in [1.29, 1.82) is 0 Å². The van der Waals surface area contributed by atoms with Crippen LogP contribution >= 0.6 is 0 Å². The lowest BCUT2D eigenvalue weighted by Gasteiger charge is -2.23. The Bertz CT molecular complexity index is 1200. The van der Waals surface area contributed by atoms with Crippen molar-refractivity contribution < 1.29 is 38.0 Å². The number of unbranched alkanes of at least 4 members (excludes halogenated alkanes) is 1. The lowest BCUT2D eigenvalue weighted by atomic mass is 10.1. The van der Waals surface area contributed by atoms with Crippen molar-refractivity contribution in [3.8, 4) is 17.2 Å². The summed E-state index contributed by atoms with van der Waals surface area (Å²) in [5.41, 5.74) is 1.46. The number of carboxylic acids is 1. The molecule has 0 bridgehead atoms. The van der Waals surface area contributed by atoms with Crippen LogP contribution in [0.25, 0.3) is 0 Å². The number of carbonyl (C=O) groups is 2. The topological polar surface area (TPSA) is 107 Å². The highest BCUT2D eigenvalue weighted by Crippen LogP contribution is 2.17. The predicted molar refractivity (Wildman–Crippen MR) is 153 cm³/mol. The van der Waals surface area contributed by atoms with Crippen molar-refractivity contribution in [1.82, 2.24) is 4.90 Å². The number of anilines is 1. The van der Waals surface area contributed by atoms with Crippen molar-refractivity contribution in [3.05, 3.63) is 84.2 Å². The number of ether oxygens (including phenoxy) is 4. The minimum atomic E-state index is -0.998. The number of nitrogens with zero attached hydrogens (tertiary/aromatic N) is 1. The minimum absolute atomic E-state index is 0.258. The van der Waals surface area contributed by atoms with Gasteiger partial charge in [-0.25, -0.2) is 14.0 Å². The molecule has 3 aromatic rings. The Kier molecular flexibility index (Phi) is 12.7. The SMILES string of the molecule is CCOC(Cc1ccc(OCCN(CCCCOc2ccc(F)cc2)C(=O)Nc2ccc(OC)cc2)cc1)C(=O)O. The van der Waals surface area contributed by atoms with E-state index in [0.717, 1.165) is 5.56 Å². The van der Waals surface area contributed by atoms with E-state index in [0.29, 0.717) is 62.1 Å². The second-order valence-electron chi connectivity index (χ2n) is 9.13. The average molecular weight is 569 g/mol. The first-order valence-corrected chi connectivity index (χ1v) is 13.5. The van der Waals surface area contributed by atoms with Crippen LogP contribution in [0.4, 0.5) is 14.9 Å². The summed E-state index contributed by atoms with van der Waals surface area (Å²) in [6.45, 7) is 3.60. The summed E-state index contributed by atoms with van der Waals surface area (Å²) < 4.78 is 35.1. The molecule has 2 amide bonds. The van der Waals surface area contributed by atoms with Gasteiger partial charge >= 0.3 is 12.0 Å². The number of rotatable bonds is 17. The molecule has 0 aliphatic rings. The van der Waals surface area contributed by atoms with Crippen LogP contribution in [-0.4, -0.2) is 68.1 Å². The van der Waals surface area contributed by atoms with Crippen LogP contribution in [-0.2, 0) is 16.0 Å². The average Bonchev–Trinajstić information content (AvgIpc) is 2.98. The van der Waals surface area contributed by atoms with Crippen molar-refractivity contribution in [3.63, 3.8) is 0 Å². The van der Waals surface area contributed by atoms with E-state index in [1.54, 1.807) is 79.6 Å². The number of nitrogens with one attached hydrogen (secondary N) is 1. The number of hydrogen-bond donors (Lipinski definition) is 2. The fourth-order valence-corrected chi connectivity index (χ4v) is 3.95. The quantitative estimate of drug-likeness (QED) is 0.203. The van der Waals surface area contributed by atoms with E-state index in [9.17, 15) is 19.1 Å². The van der Waals surface area contributed by atoms with Crippen LogP contribution in [0.3, 0.4) is 0 Å². The highest BCUT2D eigenvalue weighted by atomic mass is 19.1. The van der Waals surface area contributed by atoms with Crippen LogP contribution in [0.15, 0.2) is 72.8 Å². The molecule has 41 heavy (non-hydrogen) atoms. The predicted octanol–water partition coefficient (Wildman–Crippen LogP) is 5.64. The summed E-state index contributed by atoms with van der Waals surface area (Å²) in [6, 6.07) is 19.8. The lowest BCUT2D eigenvalue weighted by Crippen LogP contribution is -2.38. The molecule has 0 spiro atoms. The zero-order valence-electron chi connectivity index (χ0n) is 23.4. The van der Waals surface area contributed by atoms with Gasteiger partial charge in [-0.1, -0.05) is 12.1 Å². The first-order chi connectivity index (χ1) is 19.9. The second-order valence-corrected chi connectivity index (χ2v) is 9.13. The summed E-state index contributed by atoms with van der Waals surface area (Å²) >= 11 is 0. The van der Waals surface area contributed by atoms with E-state index in [2.05, 4.69) is 5.32 Å². The Hall–Kier alpha value is -4.31. The molecule has 0 aliphatic carbocycles. The molecular weight excluding hydrogens is 531 g/mol. The molecule has 0 radical (unpaired) electrons. The maximum atomic E-state index is 13.1. The number of hydrogen-bond acceptors (Lipinski definition) is 6. The van der Waals surface area contributed by atoms with Crippen LogP contribution < -0.4 is 19.5 Å². The number of aliphatic carboxylic acids is 1. The third-order valence-electron chi connectivity index (χ3n) is 6.15. The minimum Gasteiger partial charge on any atom is -0.497 e. The molecule has 9 nitrogen and oxygen atoms in total. The van der Waals surface area contributed by atoms with E-state index in [1.807, 2.05) is 0 Å². The smallest absolute Gasteiger partial charge is 0.333 e. The molecule has 3 rings (SSSR count). The Labute approximate surface area is 239 Å². The van der Waals surface area contributed by atoms with Gasteiger partial charge in [-0.05, 0) is 86.0 Å². The fraction of sp³-hybridized carbons (Fsp3) is 0.355. The molecule has 0 saturated carbocycles. The van der Waals surface area contributed by atoms with Gasteiger partial charge in [0.2, 0.25) is 0 Å². The molecule has 3 aromatic carbocycles. The summed E-state index contributed by atoms with van der Waals surface area (Å²) in [4.78, 5) is 26.1. The number of urea groups is 1. The molecule has 10 heteroatoms. The molecule has 2 N–H and O–H groups in total. The molecule has 0 saturated heterocycles. The number of carbonyl (C=O) groups excluding carboxylic acids is 1. The maximum Gasteiger partial charge on any atom is 0.333 e. The van der Waals surface area contributed by atoms with Crippen LogP contribution in [0, 0.1) is 5.82 Å². The number of benzene rings is 3. The number of carboxylic acid groups (broad SMARTS) is 1. The van der Waals surface area contributed by atoms with Gasteiger partial charge < -0.3 is 34.3 Å². The maximum absolute atomic E-state index is 13.1. The van der Waals surface area contributed by atoms with Gasteiger partial charge in [0.1, 0.15) is 29.7 Å². The second kappa shape index (κ2) is 16.7. The molecule has 1 unspecified atom stereocenters. The molecule has 0 aromatic heterocycles. The first kappa shape index (κ1) is 31.2. The fourth-order valence-electron chi connectivity index (χ4n) is 3.95. The van der Waals surface area contributed by atoms with Gasteiger partial charge in [-0.2, -0.15) is 0 Å². The van der Waals surface area contributed by atoms with Crippen molar-refractivity contribution in [2.24, 2.45) is 0 Å². The zero-order chi connectivity index (χ0) is 29.5. The number of halogens is 1. The van der Waals surface area contributed by atoms with E-state index in [-0.39, 0.29) is 24.9 Å². The molecule has 0 fully saturated rings. The Balaban J connectivity index is 1.52. The van der Waals surface area contributed by atoms with Crippen LogP contribution in [0.2, 0.25) is 0 Å². The summed E-state index contributed by atoms with van der Waals surface area (Å²) in [5, 5.41) is 12.2. The summed E-state index contributed by atoms with van der Waals surface area (Å²) in [7, 11) is 1.58. The van der Waals surface area contributed by atoms with Crippen LogP contribution in [0.1, 0.15) is 25.3 Å². The Morgan fingerprint density at radius 3 is 2.07 bits per heavy atom. The van der Waals surface area contributed by atoms with E-state index < -0.39 is 12.1 Å². The molecular formula is C31H37FN2O7. The van der Waals surface area contributed by atoms with Crippen molar-refractivity contribution >= 4 is 17.7 Å². The Morgan fingerprint density at radius 2 is 1.46 bits per heavy atom.